The van der Waals surface area contributed by atoms with E-state index in [1.807, 2.05) is 30.3 Å². The molecule has 4 heteroatoms. The molecule has 0 bridgehead atoms. The number of hydrogen-bond donors (Lipinski definition) is 1. The van der Waals surface area contributed by atoms with Crippen molar-refractivity contribution in [1.82, 2.24) is 10.2 Å². The first kappa shape index (κ1) is 13.9. The predicted octanol–water partition coefficient (Wildman–Crippen LogP) is 2.19. The number of piperazine rings is 1. The Morgan fingerprint density at radius 1 is 1.19 bits per heavy atom. The van der Waals surface area contributed by atoms with Gasteiger partial charge in [0.05, 0.1) is 6.54 Å². The van der Waals surface area contributed by atoms with Crippen molar-refractivity contribution in [2.75, 3.05) is 13.1 Å². The van der Waals surface area contributed by atoms with Crippen LogP contribution in [0.5, 0.6) is 0 Å². The lowest BCUT2D eigenvalue weighted by molar-refractivity contribution is -0.145. The largest absolute Gasteiger partial charge is 0.345 e. The number of amides is 2. The Morgan fingerprint density at radius 3 is 2.71 bits per heavy atom. The van der Waals surface area contributed by atoms with Gasteiger partial charge in [0, 0.05) is 6.54 Å². The van der Waals surface area contributed by atoms with Crippen LogP contribution in [-0.2, 0) is 9.59 Å². The highest BCUT2D eigenvalue weighted by Gasteiger charge is 2.35. The summed E-state index contributed by atoms with van der Waals surface area (Å²) in [7, 11) is 0. The molecule has 1 unspecified atom stereocenters. The number of nitrogens with one attached hydrogen (secondary N) is 1. The maximum Gasteiger partial charge on any atom is 0.247 e. The summed E-state index contributed by atoms with van der Waals surface area (Å²) in [5.41, 5.74) is 2.30. The molecule has 0 spiro atoms. The van der Waals surface area contributed by atoms with Crippen LogP contribution in [0.3, 0.4) is 0 Å². The molecule has 21 heavy (non-hydrogen) atoms. The molecule has 0 radical (unpaired) electrons. The molecule has 3 rings (SSSR count). The third-order valence-corrected chi connectivity index (χ3v) is 4.22. The Morgan fingerprint density at radius 2 is 2.00 bits per heavy atom. The van der Waals surface area contributed by atoms with E-state index in [4.69, 9.17) is 0 Å². The van der Waals surface area contributed by atoms with E-state index in [9.17, 15) is 9.59 Å². The van der Waals surface area contributed by atoms with Crippen LogP contribution in [0.1, 0.15) is 37.3 Å². The van der Waals surface area contributed by atoms with Gasteiger partial charge in [0.25, 0.3) is 0 Å². The zero-order valence-corrected chi connectivity index (χ0v) is 12.0. The molecule has 1 N–H and O–H groups in total. The third kappa shape index (κ3) is 2.99. The molecular weight excluding hydrogens is 264 g/mol. The van der Waals surface area contributed by atoms with Crippen LogP contribution in [0.4, 0.5) is 0 Å². The standard InChI is InChI=1S/C17H20N2O2/c20-15-12-18-17(21)16(14-8-2-1-3-9-14)19(15)11-10-13-6-4-5-7-13/h1-3,6,8-9,16H,4-5,7,10-12H2,(H,18,21). The van der Waals surface area contributed by atoms with Gasteiger partial charge in [0.2, 0.25) is 11.8 Å². The summed E-state index contributed by atoms with van der Waals surface area (Å²) >= 11 is 0. The van der Waals surface area contributed by atoms with E-state index in [2.05, 4.69) is 11.4 Å². The van der Waals surface area contributed by atoms with Gasteiger partial charge >= 0.3 is 0 Å². The van der Waals surface area contributed by atoms with Crippen LogP contribution in [0.15, 0.2) is 42.0 Å². The fraction of sp³-hybridized carbons (Fsp3) is 0.412. The molecule has 2 aliphatic rings. The monoisotopic (exact) mass is 284 g/mol. The summed E-state index contributed by atoms with van der Waals surface area (Å²) in [4.78, 5) is 26.2. The topological polar surface area (TPSA) is 49.4 Å². The number of nitrogens with zero attached hydrogens (tertiary/aromatic N) is 1. The highest BCUT2D eigenvalue weighted by Crippen LogP contribution is 2.26. The molecule has 110 valence electrons. The highest BCUT2D eigenvalue weighted by atomic mass is 16.2. The number of benzene rings is 1. The van der Waals surface area contributed by atoms with Gasteiger partial charge in [0.15, 0.2) is 0 Å². The molecule has 1 aliphatic heterocycles. The minimum Gasteiger partial charge on any atom is -0.345 e. The van der Waals surface area contributed by atoms with Gasteiger partial charge in [-0.15, -0.1) is 0 Å². The summed E-state index contributed by atoms with van der Waals surface area (Å²) in [6, 6.07) is 9.04. The molecule has 1 atom stereocenters. The first-order chi connectivity index (χ1) is 10.3. The highest BCUT2D eigenvalue weighted by molar-refractivity contribution is 5.95. The summed E-state index contributed by atoms with van der Waals surface area (Å²) in [5, 5.41) is 2.69. The lowest BCUT2D eigenvalue weighted by Gasteiger charge is -2.35. The molecule has 1 fully saturated rings. The average Bonchev–Trinajstić information content (AvgIpc) is 3.02. The van der Waals surface area contributed by atoms with Gasteiger partial charge in [0.1, 0.15) is 6.04 Å². The second-order valence-electron chi connectivity index (χ2n) is 5.62. The summed E-state index contributed by atoms with van der Waals surface area (Å²) in [6.07, 6.45) is 6.64. The zero-order chi connectivity index (χ0) is 14.7. The lowest BCUT2D eigenvalue weighted by Crippen LogP contribution is -2.53. The van der Waals surface area contributed by atoms with Crippen LogP contribution in [0.25, 0.3) is 0 Å². The fourth-order valence-electron chi connectivity index (χ4n) is 3.10. The molecule has 0 saturated carbocycles. The molecule has 0 aromatic heterocycles. The number of allylic oxidation sites excluding steroid dienone is 1. The summed E-state index contributed by atoms with van der Waals surface area (Å²) in [6.45, 7) is 0.735. The number of carbonyl (C=O) groups excluding carboxylic acids is 2. The molecular formula is C17H20N2O2. The van der Waals surface area contributed by atoms with Crippen molar-refractivity contribution in [2.24, 2.45) is 0 Å². The van der Waals surface area contributed by atoms with Crippen molar-refractivity contribution in [1.29, 1.82) is 0 Å². The van der Waals surface area contributed by atoms with Crippen molar-refractivity contribution < 1.29 is 9.59 Å². The van der Waals surface area contributed by atoms with E-state index in [1.54, 1.807) is 4.90 Å². The third-order valence-electron chi connectivity index (χ3n) is 4.22. The quantitative estimate of drug-likeness (QED) is 0.862. The van der Waals surface area contributed by atoms with E-state index in [1.165, 1.54) is 12.0 Å². The minimum absolute atomic E-state index is 0.00190. The summed E-state index contributed by atoms with van der Waals surface area (Å²) in [5.74, 6) is -0.0803. The van der Waals surface area contributed by atoms with Crippen molar-refractivity contribution >= 4 is 11.8 Å². The van der Waals surface area contributed by atoms with E-state index >= 15 is 0 Å². The molecule has 1 saturated heterocycles. The Hall–Kier alpha value is -2.10. The Balaban J connectivity index is 1.78. The SMILES string of the molecule is O=C1NCC(=O)N(CCC2=CCCC2)C1c1ccccc1. The van der Waals surface area contributed by atoms with Crippen molar-refractivity contribution in [3.8, 4) is 0 Å². The fourth-order valence-corrected chi connectivity index (χ4v) is 3.10. The molecule has 1 aromatic carbocycles. The van der Waals surface area contributed by atoms with Crippen molar-refractivity contribution in [2.45, 2.75) is 31.7 Å². The number of carbonyl (C=O) groups is 2. The Bertz CT molecular complexity index is 565. The maximum absolute atomic E-state index is 12.2. The maximum atomic E-state index is 12.2. The van der Waals surface area contributed by atoms with Crippen LogP contribution in [0, 0.1) is 0 Å². The van der Waals surface area contributed by atoms with E-state index in [0.717, 1.165) is 24.8 Å². The van der Waals surface area contributed by atoms with Crippen LogP contribution in [-0.4, -0.2) is 29.8 Å². The molecule has 1 aromatic rings. The Kier molecular flexibility index (Phi) is 4.04. The van der Waals surface area contributed by atoms with E-state index < -0.39 is 6.04 Å². The first-order valence-electron chi connectivity index (χ1n) is 7.56. The van der Waals surface area contributed by atoms with Gasteiger partial charge < -0.3 is 10.2 Å². The number of rotatable bonds is 4. The lowest BCUT2D eigenvalue weighted by atomic mass is 10.0. The van der Waals surface area contributed by atoms with Gasteiger partial charge in [-0.05, 0) is 31.2 Å². The summed E-state index contributed by atoms with van der Waals surface area (Å²) < 4.78 is 0. The molecule has 1 heterocycles. The van der Waals surface area contributed by atoms with Crippen molar-refractivity contribution in [3.63, 3.8) is 0 Å². The minimum atomic E-state index is -0.491. The van der Waals surface area contributed by atoms with Gasteiger partial charge in [-0.2, -0.15) is 0 Å². The second kappa shape index (κ2) is 6.12. The predicted molar refractivity (Wildman–Crippen MR) is 80.5 cm³/mol. The smallest absolute Gasteiger partial charge is 0.247 e. The number of hydrogen-bond acceptors (Lipinski definition) is 2. The van der Waals surface area contributed by atoms with Gasteiger partial charge in [-0.1, -0.05) is 42.0 Å². The van der Waals surface area contributed by atoms with Crippen LogP contribution < -0.4 is 5.32 Å². The van der Waals surface area contributed by atoms with E-state index in [-0.39, 0.29) is 18.4 Å². The first-order valence-corrected chi connectivity index (χ1v) is 7.56. The molecule has 1 aliphatic carbocycles. The second-order valence-corrected chi connectivity index (χ2v) is 5.62. The Labute approximate surface area is 124 Å². The van der Waals surface area contributed by atoms with Crippen LogP contribution in [0.2, 0.25) is 0 Å². The van der Waals surface area contributed by atoms with Crippen LogP contribution >= 0.6 is 0 Å². The normalized spacial score (nSPS) is 22.2. The van der Waals surface area contributed by atoms with Gasteiger partial charge in [-0.3, -0.25) is 9.59 Å². The zero-order valence-electron chi connectivity index (χ0n) is 12.0. The molecule has 4 nitrogen and oxygen atoms in total. The van der Waals surface area contributed by atoms with E-state index in [0.29, 0.717) is 6.54 Å². The van der Waals surface area contributed by atoms with Gasteiger partial charge in [-0.25, -0.2) is 0 Å². The average molecular weight is 284 g/mol. The van der Waals surface area contributed by atoms with Crippen molar-refractivity contribution in [3.05, 3.63) is 47.5 Å². The molecule has 2 amide bonds.